The normalized spacial score (nSPS) is 9.65. The Kier molecular flexibility index (Phi) is 33.8. The van der Waals surface area contributed by atoms with E-state index in [-0.39, 0.29) is 75.7 Å². The van der Waals surface area contributed by atoms with Crippen molar-refractivity contribution in [2.24, 2.45) is 0 Å². The SMILES string of the molecule is CC.O=C(OCCOCCOCCOC(=O)Oc1ccc([N+](=O)[O-])cc1)Oc1ccc([N+](=O)[O-])cc1.O=COCCOCCOCCOC=O.[B]C(C)C. The summed E-state index contributed by atoms with van der Waals surface area (Å²) in [6, 6.07) is 9.85. The first-order chi connectivity index (χ1) is 26.0. The largest absolute Gasteiger partial charge is 0.513 e. The van der Waals surface area contributed by atoms with E-state index in [0.29, 0.717) is 45.2 Å². The van der Waals surface area contributed by atoms with Crippen molar-refractivity contribution in [1.29, 1.82) is 0 Å². The molecule has 0 atom stereocenters. The maximum absolute atomic E-state index is 11.5. The second kappa shape index (κ2) is 36.0. The van der Waals surface area contributed by atoms with Crippen LogP contribution >= 0.6 is 0 Å². The van der Waals surface area contributed by atoms with Crippen LogP contribution in [0, 0.1) is 20.2 Å². The fourth-order valence-electron chi connectivity index (χ4n) is 2.85. The molecule has 0 aliphatic heterocycles. The van der Waals surface area contributed by atoms with E-state index >= 15 is 0 Å². The zero-order valence-corrected chi connectivity index (χ0v) is 30.7. The number of carbonyl (C=O) groups is 4. The third-order valence-electron chi connectivity index (χ3n) is 4.96. The fourth-order valence-corrected chi connectivity index (χ4v) is 2.85. The Balaban J connectivity index is 0. The maximum Gasteiger partial charge on any atom is 0.513 e. The molecule has 0 aromatic heterocycles. The van der Waals surface area contributed by atoms with Crippen LogP contribution in [-0.2, 0) is 47.5 Å². The first-order valence-electron chi connectivity index (χ1n) is 16.3. The molecule has 0 saturated heterocycles. The predicted octanol–water partition coefficient (Wildman–Crippen LogP) is 4.64. The molecular formula is C33H47BN2O18. The van der Waals surface area contributed by atoms with Crippen molar-refractivity contribution >= 4 is 44.5 Å². The summed E-state index contributed by atoms with van der Waals surface area (Å²) in [6.07, 6.45) is -1.96. The van der Waals surface area contributed by atoms with Gasteiger partial charge in [0.2, 0.25) is 0 Å². The minimum Gasteiger partial charge on any atom is -0.465 e. The maximum atomic E-state index is 11.5. The molecule has 300 valence electrons. The predicted molar refractivity (Wildman–Crippen MR) is 190 cm³/mol. The molecule has 54 heavy (non-hydrogen) atoms. The fraction of sp³-hybridized carbons (Fsp3) is 0.515. The van der Waals surface area contributed by atoms with Crippen LogP contribution in [0.15, 0.2) is 48.5 Å². The minimum atomic E-state index is -0.980. The van der Waals surface area contributed by atoms with Gasteiger partial charge in [-0.25, -0.2) is 9.59 Å². The second-order valence-electron chi connectivity index (χ2n) is 9.53. The van der Waals surface area contributed by atoms with Gasteiger partial charge in [-0.15, -0.1) is 0 Å². The van der Waals surface area contributed by atoms with Crippen LogP contribution in [-0.4, -0.2) is 122 Å². The molecule has 0 saturated carbocycles. The summed E-state index contributed by atoms with van der Waals surface area (Å²) in [5, 5.41) is 21.1. The van der Waals surface area contributed by atoms with Crippen LogP contribution < -0.4 is 9.47 Å². The van der Waals surface area contributed by atoms with E-state index in [0.717, 1.165) is 0 Å². The van der Waals surface area contributed by atoms with Crippen molar-refractivity contribution in [3.05, 3.63) is 68.8 Å². The molecule has 0 amide bonds. The quantitative estimate of drug-likeness (QED) is 0.0206. The molecule has 0 aliphatic rings. The zero-order valence-electron chi connectivity index (χ0n) is 30.7. The molecule has 0 spiro atoms. The molecule has 2 radical (unpaired) electrons. The van der Waals surface area contributed by atoms with E-state index in [9.17, 15) is 39.4 Å². The Hall–Kier alpha value is -5.38. The molecule has 0 fully saturated rings. The first-order valence-corrected chi connectivity index (χ1v) is 16.3. The van der Waals surface area contributed by atoms with Gasteiger partial charge in [-0.1, -0.05) is 33.5 Å². The standard InChI is InChI=1S/C20H20N2O12.C8H14O6.C3H7B.C2H6/c23-19(33-17-5-1-15(2-6-17)21(25)26)31-13-11-29-9-10-30-12-14-32-20(24)34-18-7-3-16(4-8-18)22(27)28;9-7-13-5-3-11-1-2-12-4-6-14-8-10;1-3(2)4;1-2/h1-8H,9-14H2;7-8H,1-6H2;3H,1-2H3;1-2H3. The van der Waals surface area contributed by atoms with Crippen LogP contribution in [0.5, 0.6) is 11.5 Å². The van der Waals surface area contributed by atoms with Gasteiger partial charge in [-0.3, -0.25) is 29.8 Å². The summed E-state index contributed by atoms with van der Waals surface area (Å²) in [4.78, 5) is 62.4. The number of non-ortho nitro benzene ring substituents is 2. The van der Waals surface area contributed by atoms with Gasteiger partial charge < -0.3 is 47.4 Å². The molecular weight excluding hydrogens is 723 g/mol. The average molecular weight is 771 g/mol. The topological polar surface area (TPSA) is 247 Å². The number of nitrogens with zero attached hydrogens (tertiary/aromatic N) is 2. The number of hydrogen-bond donors (Lipinski definition) is 0. The molecule has 20 nitrogen and oxygen atoms in total. The Bertz CT molecular complexity index is 1180. The van der Waals surface area contributed by atoms with Crippen LogP contribution in [0.1, 0.15) is 27.7 Å². The van der Waals surface area contributed by atoms with E-state index in [2.05, 4.69) is 9.47 Å². The Labute approximate surface area is 313 Å². The highest BCUT2D eigenvalue weighted by molar-refractivity contribution is 6.10. The van der Waals surface area contributed by atoms with Crippen molar-refractivity contribution in [3.63, 3.8) is 0 Å². The van der Waals surface area contributed by atoms with Crippen LogP contribution in [0.25, 0.3) is 0 Å². The summed E-state index contributed by atoms with van der Waals surface area (Å²) in [7, 11) is 5.11. The van der Waals surface area contributed by atoms with Gasteiger partial charge in [0, 0.05) is 24.3 Å². The average Bonchev–Trinajstić information content (AvgIpc) is 3.14. The molecule has 0 unspecified atom stereocenters. The number of rotatable bonds is 24. The van der Waals surface area contributed by atoms with Crippen molar-refractivity contribution in [2.75, 3.05) is 79.3 Å². The number of ether oxygens (including phenoxy) is 10. The molecule has 0 N–H and O–H groups in total. The number of nitro groups is 2. The van der Waals surface area contributed by atoms with E-state index in [1.807, 2.05) is 27.7 Å². The first kappa shape index (κ1) is 50.7. The van der Waals surface area contributed by atoms with Gasteiger partial charge >= 0.3 is 12.3 Å². The molecule has 0 heterocycles. The van der Waals surface area contributed by atoms with Crippen molar-refractivity contribution in [1.82, 2.24) is 0 Å². The Morgan fingerprint density at radius 3 is 1.09 bits per heavy atom. The van der Waals surface area contributed by atoms with Crippen molar-refractivity contribution in [3.8, 4) is 11.5 Å². The molecule has 0 aliphatic carbocycles. The van der Waals surface area contributed by atoms with Gasteiger partial charge in [-0.05, 0) is 24.3 Å². The van der Waals surface area contributed by atoms with Crippen molar-refractivity contribution in [2.45, 2.75) is 33.5 Å². The lowest BCUT2D eigenvalue weighted by atomic mass is 9.93. The number of benzene rings is 2. The molecule has 2 aromatic carbocycles. The molecule has 0 bridgehead atoms. The zero-order chi connectivity index (χ0) is 40.8. The highest BCUT2D eigenvalue weighted by Crippen LogP contribution is 2.18. The number of hydrogen-bond acceptors (Lipinski definition) is 18. The van der Waals surface area contributed by atoms with Gasteiger partial charge in [0.1, 0.15) is 37.9 Å². The van der Waals surface area contributed by atoms with E-state index in [1.165, 1.54) is 48.5 Å². The summed E-state index contributed by atoms with van der Waals surface area (Å²) in [6.45, 7) is 11.1. The van der Waals surface area contributed by atoms with E-state index in [1.54, 1.807) is 0 Å². The Morgan fingerprint density at radius 1 is 0.574 bits per heavy atom. The highest BCUT2D eigenvalue weighted by atomic mass is 16.7. The number of carbonyl (C=O) groups excluding carboxylic acids is 4. The molecule has 21 heteroatoms. The smallest absolute Gasteiger partial charge is 0.465 e. The van der Waals surface area contributed by atoms with Gasteiger partial charge in [0.15, 0.2) is 0 Å². The monoisotopic (exact) mass is 770 g/mol. The van der Waals surface area contributed by atoms with Crippen molar-refractivity contribution < 1.29 is 76.4 Å². The minimum absolute atomic E-state index is 0.0800. The Morgan fingerprint density at radius 2 is 0.833 bits per heavy atom. The summed E-state index contributed by atoms with van der Waals surface area (Å²) < 4.78 is 48.5. The molecule has 2 aromatic rings. The summed E-state index contributed by atoms with van der Waals surface area (Å²) in [5.74, 6) is 0.535. The van der Waals surface area contributed by atoms with Crippen LogP contribution in [0.2, 0.25) is 5.82 Å². The van der Waals surface area contributed by atoms with Crippen LogP contribution in [0.3, 0.4) is 0 Å². The number of nitro benzene ring substituents is 2. The van der Waals surface area contributed by atoms with Crippen LogP contribution in [0.4, 0.5) is 21.0 Å². The van der Waals surface area contributed by atoms with E-state index in [4.69, 9.17) is 45.7 Å². The third-order valence-corrected chi connectivity index (χ3v) is 4.96. The lowest BCUT2D eigenvalue weighted by Gasteiger charge is -2.08. The summed E-state index contributed by atoms with van der Waals surface area (Å²) >= 11 is 0. The highest BCUT2D eigenvalue weighted by Gasteiger charge is 2.10. The lowest BCUT2D eigenvalue weighted by Crippen LogP contribution is -2.17. The van der Waals surface area contributed by atoms with Gasteiger partial charge in [0.25, 0.3) is 24.3 Å². The third kappa shape index (κ3) is 32.5. The van der Waals surface area contributed by atoms with Gasteiger partial charge in [0.05, 0.1) is 70.5 Å². The lowest BCUT2D eigenvalue weighted by molar-refractivity contribution is -0.385. The second-order valence-corrected chi connectivity index (χ2v) is 9.53. The van der Waals surface area contributed by atoms with E-state index < -0.39 is 22.2 Å². The summed E-state index contributed by atoms with van der Waals surface area (Å²) in [5.41, 5.74) is -0.268. The van der Waals surface area contributed by atoms with Gasteiger partial charge in [-0.2, -0.15) is 0 Å². The molecule has 2 rings (SSSR count).